The summed E-state index contributed by atoms with van der Waals surface area (Å²) in [4.78, 5) is 1.06. The van der Waals surface area contributed by atoms with Gasteiger partial charge in [0.2, 0.25) is 0 Å². The summed E-state index contributed by atoms with van der Waals surface area (Å²) in [5.41, 5.74) is 0.852. The van der Waals surface area contributed by atoms with Gasteiger partial charge in [-0.3, -0.25) is 0 Å². The number of hydrogen-bond donors (Lipinski definition) is 1. The van der Waals surface area contributed by atoms with Crippen molar-refractivity contribution in [3.05, 3.63) is 54.0 Å². The summed E-state index contributed by atoms with van der Waals surface area (Å²) in [7, 11) is 0. The standard InChI is InChI=1S/C13H14O2S/c1-2-16-11-8-12(15-9-11)13(14)10-6-4-3-5-7-10/h3-9,13-14H,2H2,1H3. The third-order valence-corrected chi connectivity index (χ3v) is 3.13. The molecule has 0 amide bonds. The molecule has 0 radical (unpaired) electrons. The van der Waals surface area contributed by atoms with Gasteiger partial charge in [-0.25, -0.2) is 0 Å². The molecule has 1 unspecified atom stereocenters. The second kappa shape index (κ2) is 5.23. The first-order valence-electron chi connectivity index (χ1n) is 5.25. The van der Waals surface area contributed by atoms with E-state index >= 15 is 0 Å². The first kappa shape index (κ1) is 11.3. The van der Waals surface area contributed by atoms with Gasteiger partial charge in [0.1, 0.15) is 18.1 Å². The lowest BCUT2D eigenvalue weighted by Crippen LogP contribution is -1.96. The predicted octanol–water partition coefficient (Wildman–Crippen LogP) is 3.47. The van der Waals surface area contributed by atoms with Gasteiger partial charge in [0.25, 0.3) is 0 Å². The molecule has 0 spiro atoms. The average Bonchev–Trinajstić information content (AvgIpc) is 2.78. The van der Waals surface area contributed by atoms with Crippen molar-refractivity contribution in [2.24, 2.45) is 0 Å². The van der Waals surface area contributed by atoms with Gasteiger partial charge in [-0.15, -0.1) is 11.8 Å². The number of furan rings is 1. The van der Waals surface area contributed by atoms with Crippen LogP contribution in [0.2, 0.25) is 0 Å². The van der Waals surface area contributed by atoms with Crippen LogP contribution in [-0.2, 0) is 0 Å². The summed E-state index contributed by atoms with van der Waals surface area (Å²) >= 11 is 1.70. The lowest BCUT2D eigenvalue weighted by molar-refractivity contribution is 0.189. The maximum atomic E-state index is 10.1. The Bertz CT molecular complexity index is 436. The van der Waals surface area contributed by atoms with E-state index < -0.39 is 6.10 Å². The highest BCUT2D eigenvalue weighted by Crippen LogP contribution is 2.27. The molecule has 0 fully saturated rings. The highest BCUT2D eigenvalue weighted by atomic mass is 32.2. The molecule has 0 saturated heterocycles. The Morgan fingerprint density at radius 1 is 1.31 bits per heavy atom. The minimum atomic E-state index is -0.674. The van der Waals surface area contributed by atoms with E-state index in [-0.39, 0.29) is 0 Å². The number of thioether (sulfide) groups is 1. The summed E-state index contributed by atoms with van der Waals surface area (Å²) < 4.78 is 5.36. The number of aliphatic hydroxyl groups is 1. The van der Waals surface area contributed by atoms with Crippen LogP contribution in [0.15, 0.2) is 52.0 Å². The van der Waals surface area contributed by atoms with Crippen molar-refractivity contribution in [1.82, 2.24) is 0 Å². The summed E-state index contributed by atoms with van der Waals surface area (Å²) in [6.45, 7) is 2.09. The van der Waals surface area contributed by atoms with Gasteiger partial charge in [-0.2, -0.15) is 0 Å². The van der Waals surface area contributed by atoms with Crippen LogP contribution in [0, 0.1) is 0 Å². The zero-order valence-electron chi connectivity index (χ0n) is 9.09. The molecule has 1 aromatic heterocycles. The lowest BCUT2D eigenvalue weighted by atomic mass is 10.1. The fourth-order valence-electron chi connectivity index (χ4n) is 1.52. The van der Waals surface area contributed by atoms with Gasteiger partial charge in [0, 0.05) is 4.90 Å². The van der Waals surface area contributed by atoms with Crippen molar-refractivity contribution in [2.75, 3.05) is 5.75 Å². The van der Waals surface area contributed by atoms with E-state index in [1.165, 1.54) is 0 Å². The Labute approximate surface area is 99.3 Å². The minimum Gasteiger partial charge on any atom is -0.465 e. The van der Waals surface area contributed by atoms with Gasteiger partial charge in [-0.1, -0.05) is 37.3 Å². The smallest absolute Gasteiger partial charge is 0.137 e. The summed E-state index contributed by atoms with van der Waals surface area (Å²) in [5, 5.41) is 10.1. The van der Waals surface area contributed by atoms with Gasteiger partial charge in [-0.05, 0) is 17.4 Å². The van der Waals surface area contributed by atoms with E-state index in [4.69, 9.17) is 4.42 Å². The van der Waals surface area contributed by atoms with E-state index in [0.29, 0.717) is 5.76 Å². The van der Waals surface area contributed by atoms with Crippen molar-refractivity contribution in [2.45, 2.75) is 17.9 Å². The zero-order valence-corrected chi connectivity index (χ0v) is 9.91. The fraction of sp³-hybridized carbons (Fsp3) is 0.231. The average molecular weight is 234 g/mol. The topological polar surface area (TPSA) is 33.4 Å². The second-order valence-corrected chi connectivity index (χ2v) is 4.77. The van der Waals surface area contributed by atoms with Crippen molar-refractivity contribution >= 4 is 11.8 Å². The normalized spacial score (nSPS) is 12.6. The third kappa shape index (κ3) is 2.49. The van der Waals surface area contributed by atoms with Crippen LogP contribution in [0.25, 0.3) is 0 Å². The molecule has 1 atom stereocenters. The highest BCUT2D eigenvalue weighted by molar-refractivity contribution is 7.99. The van der Waals surface area contributed by atoms with E-state index in [2.05, 4.69) is 6.92 Å². The lowest BCUT2D eigenvalue weighted by Gasteiger charge is -2.06. The summed E-state index contributed by atoms with van der Waals surface area (Å²) in [6.07, 6.45) is 1.02. The molecule has 0 aliphatic rings. The molecule has 2 aromatic rings. The Balaban J connectivity index is 2.17. The van der Waals surface area contributed by atoms with Gasteiger partial charge >= 0.3 is 0 Å². The first-order valence-corrected chi connectivity index (χ1v) is 6.24. The maximum absolute atomic E-state index is 10.1. The Kier molecular flexibility index (Phi) is 3.70. The van der Waals surface area contributed by atoms with E-state index in [1.807, 2.05) is 36.4 Å². The van der Waals surface area contributed by atoms with Crippen LogP contribution in [-0.4, -0.2) is 10.9 Å². The molecule has 3 heteroatoms. The van der Waals surface area contributed by atoms with Crippen LogP contribution >= 0.6 is 11.8 Å². The molecule has 1 N–H and O–H groups in total. The Hall–Kier alpha value is -1.19. The summed E-state index contributed by atoms with van der Waals surface area (Å²) in [6, 6.07) is 11.4. The molecule has 2 rings (SSSR count). The molecule has 2 nitrogen and oxygen atoms in total. The second-order valence-electron chi connectivity index (χ2n) is 3.43. The quantitative estimate of drug-likeness (QED) is 0.822. The predicted molar refractivity (Wildman–Crippen MR) is 65.6 cm³/mol. The molecule has 16 heavy (non-hydrogen) atoms. The molecule has 0 aliphatic heterocycles. The maximum Gasteiger partial charge on any atom is 0.137 e. The summed E-state index contributed by atoms with van der Waals surface area (Å²) in [5.74, 6) is 1.60. The van der Waals surface area contributed by atoms with Crippen LogP contribution in [0.3, 0.4) is 0 Å². The van der Waals surface area contributed by atoms with Gasteiger partial charge in [0.15, 0.2) is 0 Å². The molecule has 1 aromatic carbocycles. The first-order chi connectivity index (χ1) is 7.81. The van der Waals surface area contributed by atoms with Crippen molar-refractivity contribution in [1.29, 1.82) is 0 Å². The zero-order chi connectivity index (χ0) is 11.4. The number of rotatable bonds is 4. The Morgan fingerprint density at radius 2 is 2.06 bits per heavy atom. The van der Waals surface area contributed by atoms with Crippen molar-refractivity contribution in [3.63, 3.8) is 0 Å². The number of benzene rings is 1. The molecule has 84 valence electrons. The minimum absolute atomic E-state index is 0.599. The van der Waals surface area contributed by atoms with Crippen LogP contribution in [0.5, 0.6) is 0 Å². The molecule has 1 heterocycles. The van der Waals surface area contributed by atoms with Gasteiger partial charge in [0.05, 0.1) is 0 Å². The molecular formula is C13H14O2S. The van der Waals surface area contributed by atoms with Crippen LogP contribution in [0.1, 0.15) is 24.4 Å². The number of aliphatic hydroxyl groups excluding tert-OH is 1. The van der Waals surface area contributed by atoms with Crippen molar-refractivity contribution < 1.29 is 9.52 Å². The third-order valence-electron chi connectivity index (χ3n) is 2.29. The molecule has 0 bridgehead atoms. The highest BCUT2D eigenvalue weighted by Gasteiger charge is 2.14. The Morgan fingerprint density at radius 3 is 2.75 bits per heavy atom. The van der Waals surface area contributed by atoms with E-state index in [9.17, 15) is 5.11 Å². The SMILES string of the molecule is CCSc1coc(C(O)c2ccccc2)c1. The number of hydrogen-bond acceptors (Lipinski definition) is 3. The molecular weight excluding hydrogens is 220 g/mol. The van der Waals surface area contributed by atoms with Crippen LogP contribution < -0.4 is 0 Å². The van der Waals surface area contributed by atoms with Gasteiger partial charge < -0.3 is 9.52 Å². The molecule has 0 saturated carbocycles. The molecule has 0 aliphatic carbocycles. The van der Waals surface area contributed by atoms with E-state index in [1.54, 1.807) is 18.0 Å². The van der Waals surface area contributed by atoms with Crippen LogP contribution in [0.4, 0.5) is 0 Å². The van der Waals surface area contributed by atoms with Crippen molar-refractivity contribution in [3.8, 4) is 0 Å². The monoisotopic (exact) mass is 234 g/mol. The largest absolute Gasteiger partial charge is 0.465 e. The fourth-order valence-corrected chi connectivity index (χ4v) is 2.17. The van der Waals surface area contributed by atoms with E-state index in [0.717, 1.165) is 16.2 Å².